The van der Waals surface area contributed by atoms with Crippen molar-refractivity contribution in [1.82, 2.24) is 14.8 Å². The zero-order valence-corrected chi connectivity index (χ0v) is 18.7. The first-order chi connectivity index (χ1) is 14.4. The molecule has 6 nitrogen and oxygen atoms in total. The van der Waals surface area contributed by atoms with Gasteiger partial charge in [-0.3, -0.25) is 4.79 Å². The van der Waals surface area contributed by atoms with E-state index in [9.17, 15) is 4.79 Å². The summed E-state index contributed by atoms with van der Waals surface area (Å²) in [5, 5.41) is 21.9. The number of thioether (sulfide) groups is 1. The Labute approximate surface area is 189 Å². The van der Waals surface area contributed by atoms with E-state index in [1.807, 2.05) is 16.7 Å². The molecule has 154 valence electrons. The highest BCUT2D eigenvalue weighted by Gasteiger charge is 2.18. The fraction of sp³-hybridized carbons (Fsp3) is 0.238. The van der Waals surface area contributed by atoms with Gasteiger partial charge in [0.15, 0.2) is 11.0 Å². The molecule has 0 radical (unpaired) electrons. The van der Waals surface area contributed by atoms with Gasteiger partial charge in [0.2, 0.25) is 5.91 Å². The van der Waals surface area contributed by atoms with Crippen LogP contribution in [0, 0.1) is 17.2 Å². The molecule has 30 heavy (non-hydrogen) atoms. The number of halogens is 2. The number of aromatic nitrogens is 3. The summed E-state index contributed by atoms with van der Waals surface area (Å²) in [4.78, 5) is 12.4. The number of nitriles is 1. The van der Waals surface area contributed by atoms with Gasteiger partial charge >= 0.3 is 0 Å². The summed E-state index contributed by atoms with van der Waals surface area (Å²) in [6, 6.07) is 14.0. The molecule has 0 aliphatic carbocycles. The van der Waals surface area contributed by atoms with Crippen LogP contribution in [0.25, 0.3) is 11.4 Å². The number of rotatable bonds is 7. The predicted molar refractivity (Wildman–Crippen MR) is 121 cm³/mol. The van der Waals surface area contributed by atoms with Crippen LogP contribution in [0.3, 0.4) is 0 Å². The molecule has 0 bridgehead atoms. The minimum atomic E-state index is -0.171. The van der Waals surface area contributed by atoms with Gasteiger partial charge in [-0.1, -0.05) is 48.8 Å². The van der Waals surface area contributed by atoms with Gasteiger partial charge in [-0.2, -0.15) is 5.26 Å². The van der Waals surface area contributed by atoms with Crippen molar-refractivity contribution < 1.29 is 4.79 Å². The third-order valence-corrected chi connectivity index (χ3v) is 5.58. The lowest BCUT2D eigenvalue weighted by Crippen LogP contribution is -2.15. The highest BCUT2D eigenvalue weighted by molar-refractivity contribution is 7.99. The van der Waals surface area contributed by atoms with Crippen LogP contribution in [0.4, 0.5) is 5.69 Å². The molecule has 0 spiro atoms. The van der Waals surface area contributed by atoms with Gasteiger partial charge in [0, 0.05) is 22.8 Å². The van der Waals surface area contributed by atoms with Crippen LogP contribution >= 0.6 is 35.0 Å². The van der Waals surface area contributed by atoms with E-state index in [-0.39, 0.29) is 11.7 Å². The molecule has 2 aromatic carbocycles. The van der Waals surface area contributed by atoms with E-state index < -0.39 is 0 Å². The summed E-state index contributed by atoms with van der Waals surface area (Å²) >= 11 is 13.7. The zero-order chi connectivity index (χ0) is 21.7. The average molecular weight is 460 g/mol. The lowest BCUT2D eigenvalue weighted by Gasteiger charge is -2.13. The van der Waals surface area contributed by atoms with Gasteiger partial charge in [-0.05, 0) is 48.4 Å². The molecule has 0 saturated carbocycles. The van der Waals surface area contributed by atoms with Crippen molar-refractivity contribution in [2.45, 2.75) is 25.5 Å². The largest absolute Gasteiger partial charge is 0.325 e. The SMILES string of the molecule is CC(C)Cn1c(SCC(=O)Nc2ccc(C#N)cc2)nnc1-c1ccc(Cl)cc1Cl. The van der Waals surface area contributed by atoms with Crippen molar-refractivity contribution in [3.63, 3.8) is 0 Å². The molecule has 3 aromatic rings. The molecule has 0 saturated heterocycles. The van der Waals surface area contributed by atoms with Crippen LogP contribution in [-0.2, 0) is 11.3 Å². The maximum atomic E-state index is 12.4. The monoisotopic (exact) mass is 459 g/mol. The normalized spacial score (nSPS) is 10.8. The summed E-state index contributed by atoms with van der Waals surface area (Å²) in [5.41, 5.74) is 1.91. The third-order valence-electron chi connectivity index (χ3n) is 4.07. The number of carbonyl (C=O) groups is 1. The zero-order valence-electron chi connectivity index (χ0n) is 16.4. The molecule has 0 aliphatic heterocycles. The second kappa shape index (κ2) is 9.98. The number of nitrogens with zero attached hydrogens (tertiary/aromatic N) is 4. The number of hydrogen-bond acceptors (Lipinski definition) is 5. The molecule has 9 heteroatoms. The van der Waals surface area contributed by atoms with Crippen molar-refractivity contribution in [3.8, 4) is 17.5 Å². The Balaban J connectivity index is 1.75. The van der Waals surface area contributed by atoms with E-state index in [4.69, 9.17) is 28.5 Å². The number of anilines is 1. The average Bonchev–Trinajstić information content (AvgIpc) is 3.08. The Hall–Kier alpha value is -2.53. The first-order valence-corrected chi connectivity index (χ1v) is 10.9. The first kappa shape index (κ1) is 22.2. The Bertz CT molecular complexity index is 1090. The van der Waals surface area contributed by atoms with Crippen LogP contribution in [0.5, 0.6) is 0 Å². The second-order valence-electron chi connectivity index (χ2n) is 6.96. The molecule has 1 aromatic heterocycles. The lowest BCUT2D eigenvalue weighted by atomic mass is 10.2. The molecule has 1 N–H and O–H groups in total. The summed E-state index contributed by atoms with van der Waals surface area (Å²) in [6.07, 6.45) is 0. The highest BCUT2D eigenvalue weighted by Crippen LogP contribution is 2.32. The Morgan fingerprint density at radius 3 is 2.57 bits per heavy atom. The van der Waals surface area contributed by atoms with E-state index >= 15 is 0 Å². The molecule has 0 atom stereocenters. The summed E-state index contributed by atoms with van der Waals surface area (Å²) in [7, 11) is 0. The Kier molecular flexibility index (Phi) is 7.38. The van der Waals surface area contributed by atoms with Crippen molar-refractivity contribution >= 4 is 46.6 Å². The molecule has 3 rings (SSSR count). The first-order valence-electron chi connectivity index (χ1n) is 9.19. The van der Waals surface area contributed by atoms with Gasteiger partial charge in [0.05, 0.1) is 22.4 Å². The topological polar surface area (TPSA) is 83.6 Å². The minimum absolute atomic E-state index is 0.171. The molecule has 0 fully saturated rings. The molecule has 1 amide bonds. The Morgan fingerprint density at radius 2 is 1.93 bits per heavy atom. The molecular formula is C21H19Cl2N5OS. The van der Waals surface area contributed by atoms with Gasteiger partial charge in [0.1, 0.15) is 0 Å². The summed E-state index contributed by atoms with van der Waals surface area (Å²) < 4.78 is 1.97. The molecule has 0 aliphatic rings. The van der Waals surface area contributed by atoms with Crippen LogP contribution in [0.2, 0.25) is 10.0 Å². The van der Waals surface area contributed by atoms with Crippen molar-refractivity contribution in [2.75, 3.05) is 11.1 Å². The second-order valence-corrected chi connectivity index (χ2v) is 8.75. The van der Waals surface area contributed by atoms with Crippen LogP contribution in [-0.4, -0.2) is 26.4 Å². The maximum absolute atomic E-state index is 12.4. The van der Waals surface area contributed by atoms with Crippen LogP contribution in [0.15, 0.2) is 47.6 Å². The molecular weight excluding hydrogens is 441 g/mol. The smallest absolute Gasteiger partial charge is 0.234 e. The van der Waals surface area contributed by atoms with Gasteiger partial charge in [0.25, 0.3) is 0 Å². The Morgan fingerprint density at radius 1 is 1.20 bits per heavy atom. The number of amides is 1. The van der Waals surface area contributed by atoms with E-state index in [1.54, 1.807) is 36.4 Å². The minimum Gasteiger partial charge on any atom is -0.325 e. The molecule has 0 unspecified atom stereocenters. The fourth-order valence-electron chi connectivity index (χ4n) is 2.75. The fourth-order valence-corrected chi connectivity index (χ4v) is 3.99. The van der Waals surface area contributed by atoms with Gasteiger partial charge < -0.3 is 9.88 Å². The van der Waals surface area contributed by atoms with Gasteiger partial charge in [-0.25, -0.2) is 0 Å². The standard InChI is InChI=1S/C21H19Cl2N5OS/c1-13(2)11-28-20(17-8-5-15(22)9-18(17)23)26-27-21(28)30-12-19(29)25-16-6-3-14(10-24)4-7-16/h3-9,13H,11-12H2,1-2H3,(H,25,29). The van der Waals surface area contributed by atoms with Crippen LogP contribution in [0.1, 0.15) is 19.4 Å². The van der Waals surface area contributed by atoms with Crippen molar-refractivity contribution in [1.29, 1.82) is 5.26 Å². The predicted octanol–water partition coefficient (Wildman–Crippen LogP) is 5.51. The van der Waals surface area contributed by atoms with E-state index in [0.717, 1.165) is 5.56 Å². The molecule has 1 heterocycles. The summed E-state index contributed by atoms with van der Waals surface area (Å²) in [5.74, 6) is 0.984. The quantitative estimate of drug-likeness (QED) is 0.470. The lowest BCUT2D eigenvalue weighted by molar-refractivity contribution is -0.113. The van der Waals surface area contributed by atoms with Crippen molar-refractivity contribution in [2.24, 2.45) is 5.92 Å². The third kappa shape index (κ3) is 5.54. The maximum Gasteiger partial charge on any atom is 0.234 e. The van der Waals surface area contributed by atoms with E-state index in [0.29, 0.717) is 44.7 Å². The number of carbonyl (C=O) groups excluding carboxylic acids is 1. The highest BCUT2D eigenvalue weighted by atomic mass is 35.5. The number of hydrogen-bond donors (Lipinski definition) is 1. The van der Waals surface area contributed by atoms with Gasteiger partial charge in [-0.15, -0.1) is 10.2 Å². The van der Waals surface area contributed by atoms with Crippen LogP contribution < -0.4 is 5.32 Å². The van der Waals surface area contributed by atoms with E-state index in [2.05, 4.69) is 29.4 Å². The number of benzene rings is 2. The number of nitrogens with one attached hydrogen (secondary N) is 1. The van der Waals surface area contributed by atoms with E-state index in [1.165, 1.54) is 11.8 Å². The van der Waals surface area contributed by atoms with Crippen molar-refractivity contribution in [3.05, 3.63) is 58.1 Å². The summed E-state index contributed by atoms with van der Waals surface area (Å²) in [6.45, 7) is 4.87.